The van der Waals surface area contributed by atoms with E-state index in [0.717, 1.165) is 27.4 Å². The van der Waals surface area contributed by atoms with Crippen molar-refractivity contribution in [1.29, 1.82) is 0 Å². The number of methoxy groups -OCH3 is 1. The Morgan fingerprint density at radius 1 is 1.06 bits per heavy atom. The van der Waals surface area contributed by atoms with Gasteiger partial charge in [0.2, 0.25) is 5.91 Å². The zero-order valence-electron chi connectivity index (χ0n) is 19.8. The van der Waals surface area contributed by atoms with Crippen LogP contribution in [-0.2, 0) is 22.5 Å². The third-order valence-electron chi connectivity index (χ3n) is 5.44. The molecule has 0 aliphatic rings. The molecule has 2 aromatic heterocycles. The molecule has 0 fully saturated rings. The van der Waals surface area contributed by atoms with Crippen molar-refractivity contribution < 1.29 is 14.3 Å². The monoisotopic (exact) mass is 506 g/mol. The number of nitrogens with one attached hydrogen (secondary N) is 1. The Kier molecular flexibility index (Phi) is 7.99. The highest BCUT2D eigenvalue weighted by Gasteiger charge is 2.25. The van der Waals surface area contributed by atoms with Crippen LogP contribution in [0.1, 0.15) is 33.5 Å². The van der Waals surface area contributed by atoms with Gasteiger partial charge in [-0.15, -0.1) is 21.5 Å². The van der Waals surface area contributed by atoms with E-state index in [4.69, 9.17) is 4.74 Å². The van der Waals surface area contributed by atoms with E-state index < -0.39 is 5.97 Å². The Balaban J connectivity index is 1.49. The molecule has 0 atom stereocenters. The summed E-state index contributed by atoms with van der Waals surface area (Å²) in [5.74, 6) is 0.293. The normalized spacial score (nSPS) is 10.8. The molecule has 0 saturated carbocycles. The van der Waals surface area contributed by atoms with Crippen LogP contribution in [0.15, 0.2) is 65.8 Å². The van der Waals surface area contributed by atoms with Crippen LogP contribution in [0.4, 0.5) is 5.00 Å². The maximum absolute atomic E-state index is 12.9. The topological polar surface area (TPSA) is 86.1 Å². The number of anilines is 1. The van der Waals surface area contributed by atoms with Crippen LogP contribution in [0.25, 0.3) is 11.1 Å². The molecule has 1 N–H and O–H groups in total. The fraction of sp³-hybridized carbons (Fsp3) is 0.231. The van der Waals surface area contributed by atoms with Crippen molar-refractivity contribution >= 4 is 40.0 Å². The van der Waals surface area contributed by atoms with E-state index in [0.29, 0.717) is 28.7 Å². The third kappa shape index (κ3) is 5.63. The number of thiophene rings is 1. The van der Waals surface area contributed by atoms with Gasteiger partial charge in [-0.3, -0.25) is 4.79 Å². The summed E-state index contributed by atoms with van der Waals surface area (Å²) >= 11 is 2.69. The molecule has 0 spiro atoms. The second-order valence-corrected chi connectivity index (χ2v) is 9.90. The number of aryl methyl sites for hydroxylation is 1. The number of esters is 1. The van der Waals surface area contributed by atoms with Crippen molar-refractivity contribution in [2.75, 3.05) is 18.2 Å². The van der Waals surface area contributed by atoms with Crippen LogP contribution in [0.5, 0.6) is 0 Å². The average Bonchev–Trinajstić information content (AvgIpc) is 3.42. The number of hydrogen-bond donors (Lipinski definition) is 1. The number of thioether (sulfide) groups is 1. The molecule has 2 aromatic carbocycles. The maximum atomic E-state index is 12.9. The Labute approximate surface area is 212 Å². The number of amides is 1. The molecule has 0 radical (unpaired) electrons. The number of rotatable bonds is 9. The van der Waals surface area contributed by atoms with Gasteiger partial charge >= 0.3 is 5.97 Å². The number of nitrogens with zero attached hydrogens (tertiary/aromatic N) is 3. The van der Waals surface area contributed by atoms with Crippen LogP contribution in [0.3, 0.4) is 0 Å². The first-order valence-electron chi connectivity index (χ1n) is 11.2. The van der Waals surface area contributed by atoms with Crippen molar-refractivity contribution in [1.82, 2.24) is 14.8 Å². The highest BCUT2D eigenvalue weighted by Crippen LogP contribution is 2.40. The Morgan fingerprint density at radius 3 is 2.40 bits per heavy atom. The van der Waals surface area contributed by atoms with Gasteiger partial charge in [0, 0.05) is 23.4 Å². The number of hydrogen-bond acceptors (Lipinski definition) is 7. The summed E-state index contributed by atoms with van der Waals surface area (Å²) in [6.45, 7) is 4.67. The molecule has 35 heavy (non-hydrogen) atoms. The van der Waals surface area contributed by atoms with Gasteiger partial charge in [0.05, 0.1) is 12.9 Å². The van der Waals surface area contributed by atoms with Gasteiger partial charge in [-0.25, -0.2) is 4.79 Å². The summed E-state index contributed by atoms with van der Waals surface area (Å²) in [7, 11) is 1.34. The Bertz CT molecular complexity index is 1320. The van der Waals surface area contributed by atoms with Crippen LogP contribution in [0.2, 0.25) is 0 Å². The van der Waals surface area contributed by atoms with E-state index in [-0.39, 0.29) is 11.7 Å². The third-order valence-corrected chi connectivity index (χ3v) is 7.42. The van der Waals surface area contributed by atoms with Crippen LogP contribution in [-0.4, -0.2) is 39.5 Å². The summed E-state index contributed by atoms with van der Waals surface area (Å²) in [5.41, 5.74) is 3.21. The summed E-state index contributed by atoms with van der Waals surface area (Å²) in [5, 5.41) is 12.7. The molecule has 4 aromatic rings. The second kappa shape index (κ2) is 11.3. The highest BCUT2D eigenvalue weighted by molar-refractivity contribution is 7.99. The van der Waals surface area contributed by atoms with E-state index >= 15 is 0 Å². The molecule has 1 amide bonds. The lowest BCUT2D eigenvalue weighted by Crippen LogP contribution is -2.16. The summed E-state index contributed by atoms with van der Waals surface area (Å²) in [6, 6.07) is 19.7. The molecule has 2 heterocycles. The summed E-state index contributed by atoms with van der Waals surface area (Å²) < 4.78 is 7.06. The summed E-state index contributed by atoms with van der Waals surface area (Å²) in [6.07, 6.45) is 0.674. The molecule has 0 saturated heterocycles. The van der Waals surface area contributed by atoms with E-state index in [1.54, 1.807) is 0 Å². The molecule has 0 unspecified atom stereocenters. The van der Waals surface area contributed by atoms with Gasteiger partial charge in [-0.05, 0) is 25.0 Å². The molecule has 180 valence electrons. The zero-order valence-corrected chi connectivity index (χ0v) is 21.4. The van der Waals surface area contributed by atoms with Gasteiger partial charge in [0.15, 0.2) is 5.16 Å². The minimum atomic E-state index is -0.479. The van der Waals surface area contributed by atoms with Gasteiger partial charge in [-0.1, -0.05) is 72.4 Å². The van der Waals surface area contributed by atoms with Gasteiger partial charge < -0.3 is 14.6 Å². The number of carbonyl (C=O) groups is 2. The highest BCUT2D eigenvalue weighted by atomic mass is 32.2. The number of ether oxygens (including phenoxy) is 1. The van der Waals surface area contributed by atoms with Gasteiger partial charge in [0.1, 0.15) is 16.4 Å². The fourth-order valence-electron chi connectivity index (χ4n) is 3.83. The second-order valence-electron chi connectivity index (χ2n) is 7.74. The van der Waals surface area contributed by atoms with Gasteiger partial charge in [-0.2, -0.15) is 0 Å². The van der Waals surface area contributed by atoms with Crippen molar-refractivity contribution in [2.24, 2.45) is 0 Å². The lowest BCUT2D eigenvalue weighted by molar-refractivity contribution is -0.113. The van der Waals surface area contributed by atoms with Crippen molar-refractivity contribution in [3.63, 3.8) is 0 Å². The quantitative estimate of drug-likeness (QED) is 0.240. The predicted octanol–water partition coefficient (Wildman–Crippen LogP) is 5.44. The minimum absolute atomic E-state index is 0.141. The number of aromatic nitrogens is 3. The average molecular weight is 507 g/mol. The first kappa shape index (κ1) is 24.7. The number of benzene rings is 2. The lowest BCUT2D eigenvalue weighted by atomic mass is 10.0. The van der Waals surface area contributed by atoms with E-state index in [1.165, 1.54) is 30.2 Å². The molecule has 9 heteroatoms. The van der Waals surface area contributed by atoms with E-state index in [1.807, 2.05) is 66.9 Å². The van der Waals surface area contributed by atoms with E-state index in [9.17, 15) is 9.59 Å². The smallest absolute Gasteiger partial charge is 0.341 e. The zero-order chi connectivity index (χ0) is 24.8. The van der Waals surface area contributed by atoms with E-state index in [2.05, 4.69) is 27.6 Å². The molecule has 0 aliphatic heterocycles. The molecule has 0 bridgehead atoms. The molecular formula is C26H26N4O3S2. The van der Waals surface area contributed by atoms with Crippen LogP contribution in [0, 0.1) is 6.92 Å². The first-order chi connectivity index (χ1) is 17.0. The fourth-order valence-corrected chi connectivity index (χ4v) is 5.73. The predicted molar refractivity (Wildman–Crippen MR) is 140 cm³/mol. The molecular weight excluding hydrogens is 480 g/mol. The maximum Gasteiger partial charge on any atom is 0.341 e. The standard InChI is InChI=1S/C26H26N4O3S2/c1-4-30-20(15-18-11-7-5-8-12-18)28-29-26(30)34-16-21(31)27-24-23(25(32)33-3)22(17(2)35-24)19-13-9-6-10-14-19/h5-14H,4,15-16H2,1-3H3,(H,27,31). The number of carbonyl (C=O) groups excluding carboxylic acids is 2. The first-order valence-corrected chi connectivity index (χ1v) is 13.0. The van der Waals surface area contributed by atoms with Crippen molar-refractivity contribution in [3.8, 4) is 11.1 Å². The Hall–Kier alpha value is -3.43. The SMILES string of the molecule is CCn1c(Cc2ccccc2)nnc1SCC(=O)Nc1sc(C)c(-c2ccccc2)c1C(=O)OC. The van der Waals surface area contributed by atoms with Crippen LogP contribution < -0.4 is 5.32 Å². The Morgan fingerprint density at radius 2 is 1.74 bits per heavy atom. The van der Waals surface area contributed by atoms with Crippen molar-refractivity contribution in [3.05, 3.63) is 82.5 Å². The molecule has 7 nitrogen and oxygen atoms in total. The van der Waals surface area contributed by atoms with Crippen LogP contribution >= 0.6 is 23.1 Å². The largest absolute Gasteiger partial charge is 0.465 e. The summed E-state index contributed by atoms with van der Waals surface area (Å²) in [4.78, 5) is 26.4. The molecule has 0 aliphatic carbocycles. The molecule has 4 rings (SSSR count). The minimum Gasteiger partial charge on any atom is -0.465 e. The van der Waals surface area contributed by atoms with Gasteiger partial charge in [0.25, 0.3) is 0 Å². The van der Waals surface area contributed by atoms with Crippen molar-refractivity contribution in [2.45, 2.75) is 32.0 Å². The lowest BCUT2D eigenvalue weighted by Gasteiger charge is -2.09.